The Morgan fingerprint density at radius 2 is 0.842 bits per heavy atom. The molecule has 2 amide bonds. The quantitative estimate of drug-likeness (QED) is 0.303. The predicted octanol–water partition coefficient (Wildman–Crippen LogP) is 5.36. The Kier molecular flexibility index (Phi) is 9.54. The van der Waals surface area contributed by atoms with Crippen LogP contribution in [0.5, 0.6) is 0 Å². The average molecular weight is 670 g/mol. The molecule has 0 aliphatic carbocycles. The van der Waals surface area contributed by atoms with E-state index in [1.807, 2.05) is 0 Å². The van der Waals surface area contributed by atoms with Gasteiger partial charge in [-0.3, -0.25) is 9.59 Å². The molecule has 38 heavy (non-hydrogen) atoms. The SMILES string of the molecule is O=C(C(=O)N(Cc1c(Cl)cccc1Cl)S(=O)(=O)C(F)(F)F)N(Cc1c(Cl)cccc1Cl)S(=O)(=O)C(F)(F)F. The van der Waals surface area contributed by atoms with Crippen LogP contribution >= 0.6 is 46.4 Å². The van der Waals surface area contributed by atoms with Gasteiger partial charge in [0.1, 0.15) is 0 Å². The number of amides is 2. The van der Waals surface area contributed by atoms with Crippen molar-refractivity contribution in [3.05, 3.63) is 67.6 Å². The molecule has 0 fully saturated rings. The molecule has 20 heteroatoms. The van der Waals surface area contributed by atoms with Crippen LogP contribution in [-0.2, 0) is 42.7 Å². The van der Waals surface area contributed by atoms with Gasteiger partial charge in [0.25, 0.3) is 0 Å². The molecule has 0 aromatic heterocycles. The van der Waals surface area contributed by atoms with E-state index in [1.54, 1.807) is 0 Å². The molecule has 0 spiro atoms. The number of hydrogen-bond acceptors (Lipinski definition) is 6. The smallest absolute Gasteiger partial charge is 0.262 e. The van der Waals surface area contributed by atoms with Gasteiger partial charge < -0.3 is 0 Å². The second-order valence-electron chi connectivity index (χ2n) is 6.93. The van der Waals surface area contributed by atoms with Gasteiger partial charge in [0, 0.05) is 31.2 Å². The highest BCUT2D eigenvalue weighted by molar-refractivity contribution is 7.91. The van der Waals surface area contributed by atoms with E-state index in [-0.39, 0.29) is 0 Å². The van der Waals surface area contributed by atoms with E-state index in [4.69, 9.17) is 46.4 Å². The highest BCUT2D eigenvalue weighted by Crippen LogP contribution is 2.35. The van der Waals surface area contributed by atoms with Crippen molar-refractivity contribution < 1.29 is 52.8 Å². The number of carbonyl (C=O) groups is 2. The molecule has 2 rings (SSSR count). The summed E-state index contributed by atoms with van der Waals surface area (Å²) >= 11 is 23.2. The normalized spacial score (nSPS) is 12.8. The summed E-state index contributed by atoms with van der Waals surface area (Å²) in [6, 6.07) is 6.38. The zero-order valence-electron chi connectivity index (χ0n) is 17.8. The lowest BCUT2D eigenvalue weighted by molar-refractivity contribution is -0.147. The lowest BCUT2D eigenvalue weighted by Crippen LogP contribution is -2.53. The van der Waals surface area contributed by atoms with Crippen LogP contribution in [0.3, 0.4) is 0 Å². The van der Waals surface area contributed by atoms with Crippen LogP contribution in [0.25, 0.3) is 0 Å². The second-order valence-corrected chi connectivity index (χ2v) is 12.3. The van der Waals surface area contributed by atoms with Gasteiger partial charge >= 0.3 is 42.9 Å². The molecule has 0 atom stereocenters. The molecule has 0 radical (unpaired) electrons. The minimum Gasteiger partial charge on any atom is -0.262 e. The summed E-state index contributed by atoms with van der Waals surface area (Å²) < 4.78 is 127. The fourth-order valence-electron chi connectivity index (χ4n) is 2.65. The highest BCUT2D eigenvalue weighted by atomic mass is 35.5. The molecule has 0 aliphatic rings. The van der Waals surface area contributed by atoms with Gasteiger partial charge in [-0.1, -0.05) is 58.5 Å². The third kappa shape index (κ3) is 6.42. The summed E-state index contributed by atoms with van der Waals surface area (Å²) in [4.78, 5) is 25.6. The number of benzene rings is 2. The molecule has 0 bridgehead atoms. The van der Waals surface area contributed by atoms with Crippen molar-refractivity contribution in [2.45, 2.75) is 24.1 Å². The summed E-state index contributed by atoms with van der Waals surface area (Å²) in [5.41, 5.74) is -13.9. The first-order valence-corrected chi connectivity index (χ1v) is 13.7. The molecule has 0 heterocycles. The maximum Gasteiger partial charge on any atom is 0.516 e. The Morgan fingerprint density at radius 3 is 1.05 bits per heavy atom. The summed E-state index contributed by atoms with van der Waals surface area (Å²) in [7, 11) is -13.7. The zero-order chi connectivity index (χ0) is 29.4. The van der Waals surface area contributed by atoms with E-state index < -0.39 is 95.8 Å². The van der Waals surface area contributed by atoms with Crippen molar-refractivity contribution in [2.75, 3.05) is 0 Å². The number of halogens is 10. The Balaban J connectivity index is 2.74. The van der Waals surface area contributed by atoms with Crippen LogP contribution in [0.4, 0.5) is 26.3 Å². The molecule has 0 saturated heterocycles. The minimum atomic E-state index is -6.83. The van der Waals surface area contributed by atoms with Crippen LogP contribution in [0.2, 0.25) is 20.1 Å². The van der Waals surface area contributed by atoms with Crippen LogP contribution in [0.15, 0.2) is 36.4 Å². The summed E-state index contributed by atoms with van der Waals surface area (Å²) in [5.74, 6) is -5.68. The molecule has 210 valence electrons. The molecule has 2 aromatic rings. The third-order valence-corrected chi connectivity index (χ3v) is 8.86. The number of rotatable bonds is 6. The Labute approximate surface area is 230 Å². The molecule has 2 aromatic carbocycles. The van der Waals surface area contributed by atoms with Crippen LogP contribution in [-0.4, -0.2) is 48.3 Å². The van der Waals surface area contributed by atoms with Gasteiger partial charge in [-0.15, -0.1) is 0 Å². The number of hydrogen-bond donors (Lipinski definition) is 0. The Hall–Kier alpha value is -1.98. The lowest BCUT2D eigenvalue weighted by atomic mass is 10.2. The first-order chi connectivity index (χ1) is 17.1. The molecule has 0 saturated carbocycles. The Morgan fingerprint density at radius 1 is 0.605 bits per heavy atom. The summed E-state index contributed by atoms with van der Waals surface area (Å²) in [5, 5.41) is -1.99. The van der Waals surface area contributed by atoms with E-state index in [0.717, 1.165) is 24.3 Å². The molecule has 0 unspecified atom stereocenters. The number of sulfonamides is 2. The van der Waals surface area contributed by atoms with E-state index >= 15 is 0 Å². The maximum atomic E-state index is 13.4. The largest absolute Gasteiger partial charge is 0.516 e. The first-order valence-electron chi connectivity index (χ1n) is 9.26. The van der Waals surface area contributed by atoms with Gasteiger partial charge in [0.2, 0.25) is 0 Å². The Bertz CT molecular complexity index is 1330. The first kappa shape index (κ1) is 32.2. The van der Waals surface area contributed by atoms with Crippen molar-refractivity contribution in [1.29, 1.82) is 0 Å². The monoisotopic (exact) mass is 668 g/mol. The zero-order valence-corrected chi connectivity index (χ0v) is 22.5. The van der Waals surface area contributed by atoms with Crippen molar-refractivity contribution in [2.24, 2.45) is 0 Å². The van der Waals surface area contributed by atoms with Crippen LogP contribution < -0.4 is 0 Å². The molecule has 0 N–H and O–H groups in total. The lowest BCUT2D eigenvalue weighted by Gasteiger charge is -2.28. The van der Waals surface area contributed by atoms with Crippen LogP contribution in [0, 0.1) is 0 Å². The summed E-state index contributed by atoms with van der Waals surface area (Å²) in [6.07, 6.45) is 0. The molecule has 8 nitrogen and oxygen atoms in total. The van der Waals surface area contributed by atoms with Crippen molar-refractivity contribution in [3.8, 4) is 0 Å². The van der Waals surface area contributed by atoms with E-state index in [9.17, 15) is 52.8 Å². The standard InChI is InChI=1S/C18H10Cl4F6N2O6S2/c19-11-3-1-4-12(20)9(11)7-29(37(33,34)17(23,24)25)15(31)16(32)30(38(35,36)18(26,27)28)8-10-13(21)5-2-6-14(10)22/h1-6H,7-8H2. The number of carbonyl (C=O) groups excluding carboxylic acids is 2. The van der Waals surface area contributed by atoms with Gasteiger partial charge in [0.15, 0.2) is 0 Å². The average Bonchev–Trinajstić information content (AvgIpc) is 2.76. The van der Waals surface area contributed by atoms with Gasteiger partial charge in [-0.2, -0.15) is 43.2 Å². The fourth-order valence-corrected chi connectivity index (χ4v) is 5.37. The number of alkyl halides is 6. The number of nitrogens with zero attached hydrogens (tertiary/aromatic N) is 2. The summed E-state index contributed by atoms with van der Waals surface area (Å²) in [6.45, 7) is -3.42. The highest BCUT2D eigenvalue weighted by Gasteiger charge is 2.57. The molecule has 0 aliphatic heterocycles. The third-order valence-electron chi connectivity index (χ3n) is 4.53. The van der Waals surface area contributed by atoms with E-state index in [2.05, 4.69) is 0 Å². The fraction of sp³-hybridized carbons (Fsp3) is 0.222. The maximum absolute atomic E-state index is 13.4. The van der Waals surface area contributed by atoms with Crippen LogP contribution in [0.1, 0.15) is 11.1 Å². The molecular weight excluding hydrogens is 660 g/mol. The topological polar surface area (TPSA) is 109 Å². The van der Waals surface area contributed by atoms with Crippen molar-refractivity contribution in [3.63, 3.8) is 0 Å². The molecular formula is C18H10Cl4F6N2O6S2. The van der Waals surface area contributed by atoms with Crippen molar-refractivity contribution >= 4 is 78.3 Å². The van der Waals surface area contributed by atoms with E-state index in [0.29, 0.717) is 0 Å². The van der Waals surface area contributed by atoms with E-state index in [1.165, 1.54) is 12.1 Å². The predicted molar refractivity (Wildman–Crippen MR) is 124 cm³/mol. The minimum absolute atomic E-state index is 0.497. The van der Waals surface area contributed by atoms with Gasteiger partial charge in [-0.25, -0.2) is 8.61 Å². The van der Waals surface area contributed by atoms with Gasteiger partial charge in [-0.05, 0) is 24.3 Å². The van der Waals surface area contributed by atoms with Gasteiger partial charge in [0.05, 0.1) is 13.1 Å². The second kappa shape index (κ2) is 11.3. The van der Waals surface area contributed by atoms with Crippen molar-refractivity contribution in [1.82, 2.24) is 8.61 Å².